The number of aliphatic carboxylic acids is 1. The number of thioether (sulfide) groups is 1. The lowest BCUT2D eigenvalue weighted by Crippen LogP contribution is -2.54. The number of carboxylic acids is 1. The summed E-state index contributed by atoms with van der Waals surface area (Å²) in [4.78, 5) is 20.8. The summed E-state index contributed by atoms with van der Waals surface area (Å²) >= 11 is 2.28. The van der Waals surface area contributed by atoms with Gasteiger partial charge in [0.2, 0.25) is 20.1 Å². The Bertz CT molecular complexity index is 1290. The summed E-state index contributed by atoms with van der Waals surface area (Å²) in [6.45, 7) is 2.01. The Labute approximate surface area is 186 Å². The van der Waals surface area contributed by atoms with Crippen LogP contribution in [0.3, 0.4) is 0 Å². The number of nitrogens with one attached hydrogen (secondary N) is 2. The highest BCUT2D eigenvalue weighted by Crippen LogP contribution is 2.36. The van der Waals surface area contributed by atoms with Crippen LogP contribution in [0.4, 0.5) is 11.6 Å². The number of benzene rings is 1. The Balaban J connectivity index is 1.53. The molecule has 3 heterocycles. The molecule has 3 aromatic rings. The van der Waals surface area contributed by atoms with E-state index in [0.29, 0.717) is 23.4 Å². The second-order valence-electron chi connectivity index (χ2n) is 6.60. The molecule has 1 aliphatic heterocycles. The van der Waals surface area contributed by atoms with Gasteiger partial charge in [-0.2, -0.15) is 0 Å². The quantitative estimate of drug-likeness (QED) is 0.419. The number of sulfone groups is 1. The van der Waals surface area contributed by atoms with Crippen LogP contribution in [0.25, 0.3) is 10.6 Å². The molecule has 160 valence electrons. The maximum atomic E-state index is 12.9. The molecule has 0 aliphatic carbocycles. The molecule has 0 saturated carbocycles. The van der Waals surface area contributed by atoms with Crippen LogP contribution in [-0.4, -0.2) is 33.8 Å². The SMILES string of the molecule is Cc1ccsc1-c1ccnc(Nc2ccc(S(=O)(=O)C3(N)NC(C(=O)O)=CS3)cc2)n1. The average molecular weight is 476 g/mol. The number of aryl methyl sites for hydroxylation is 1. The van der Waals surface area contributed by atoms with Gasteiger partial charge in [0.05, 0.1) is 15.5 Å². The fourth-order valence-electron chi connectivity index (χ4n) is 2.83. The number of thiophene rings is 1. The van der Waals surface area contributed by atoms with E-state index >= 15 is 0 Å². The predicted molar refractivity (Wildman–Crippen MR) is 120 cm³/mol. The molecule has 5 N–H and O–H groups in total. The molecule has 31 heavy (non-hydrogen) atoms. The molecule has 0 spiro atoms. The Morgan fingerprint density at radius 2 is 1.97 bits per heavy atom. The minimum absolute atomic E-state index is 0.0514. The topological polar surface area (TPSA) is 147 Å². The molecule has 9 nitrogen and oxygen atoms in total. The lowest BCUT2D eigenvalue weighted by atomic mass is 10.2. The molecule has 0 bridgehead atoms. The van der Waals surface area contributed by atoms with Gasteiger partial charge in [-0.05, 0) is 54.3 Å². The van der Waals surface area contributed by atoms with Crippen LogP contribution in [0.5, 0.6) is 0 Å². The van der Waals surface area contributed by atoms with Crippen LogP contribution in [-0.2, 0) is 14.6 Å². The predicted octanol–water partition coefficient (Wildman–Crippen LogP) is 2.86. The average Bonchev–Trinajstić information content (AvgIpc) is 3.35. The normalized spacial score (nSPS) is 18.3. The first-order valence-corrected chi connectivity index (χ1v) is 12.1. The Hall–Kier alpha value is -2.93. The molecular weight excluding hydrogens is 458 g/mol. The van der Waals surface area contributed by atoms with Crippen molar-refractivity contribution in [1.29, 1.82) is 0 Å². The van der Waals surface area contributed by atoms with Gasteiger partial charge in [0.25, 0.3) is 0 Å². The second-order valence-corrected chi connectivity index (χ2v) is 11.0. The van der Waals surface area contributed by atoms with E-state index in [9.17, 15) is 13.2 Å². The van der Waals surface area contributed by atoms with E-state index in [2.05, 4.69) is 20.6 Å². The van der Waals surface area contributed by atoms with Gasteiger partial charge in [-0.3, -0.25) is 5.73 Å². The van der Waals surface area contributed by atoms with Gasteiger partial charge in [-0.15, -0.1) is 11.3 Å². The highest BCUT2D eigenvalue weighted by atomic mass is 32.3. The second kappa shape index (κ2) is 7.96. The van der Waals surface area contributed by atoms with Gasteiger partial charge in [0.1, 0.15) is 5.70 Å². The Kier molecular flexibility index (Phi) is 5.47. The summed E-state index contributed by atoms with van der Waals surface area (Å²) in [6.07, 6.45) is 1.65. The maximum Gasteiger partial charge on any atom is 0.352 e. The van der Waals surface area contributed by atoms with Crippen molar-refractivity contribution >= 4 is 50.5 Å². The molecule has 0 amide bonds. The first-order chi connectivity index (χ1) is 14.7. The van der Waals surface area contributed by atoms with Crippen molar-refractivity contribution in [2.75, 3.05) is 5.32 Å². The van der Waals surface area contributed by atoms with Crippen LogP contribution < -0.4 is 16.4 Å². The van der Waals surface area contributed by atoms with Crippen LogP contribution >= 0.6 is 23.1 Å². The Morgan fingerprint density at radius 3 is 2.58 bits per heavy atom. The molecule has 0 radical (unpaired) electrons. The monoisotopic (exact) mass is 475 g/mol. The summed E-state index contributed by atoms with van der Waals surface area (Å²) < 4.78 is 23.9. The summed E-state index contributed by atoms with van der Waals surface area (Å²) in [5.41, 5.74) is 8.18. The van der Waals surface area contributed by atoms with Gasteiger partial charge in [0.15, 0.2) is 0 Å². The van der Waals surface area contributed by atoms with Crippen LogP contribution in [0, 0.1) is 6.92 Å². The van der Waals surface area contributed by atoms with Crippen molar-refractivity contribution in [3.63, 3.8) is 0 Å². The molecule has 0 saturated heterocycles. The minimum atomic E-state index is -4.08. The number of nitrogens with two attached hydrogens (primary N) is 1. The van der Waals surface area contributed by atoms with Crippen molar-refractivity contribution in [3.8, 4) is 10.6 Å². The largest absolute Gasteiger partial charge is 0.477 e. The van der Waals surface area contributed by atoms with E-state index in [1.165, 1.54) is 17.5 Å². The zero-order chi connectivity index (χ0) is 22.2. The first-order valence-electron chi connectivity index (χ1n) is 8.87. The smallest absolute Gasteiger partial charge is 0.352 e. The van der Waals surface area contributed by atoms with Crippen molar-refractivity contribution in [1.82, 2.24) is 15.3 Å². The van der Waals surface area contributed by atoms with Crippen molar-refractivity contribution < 1.29 is 18.3 Å². The molecule has 0 fully saturated rings. The molecule has 1 aromatic carbocycles. The molecule has 2 aromatic heterocycles. The van der Waals surface area contributed by atoms with Crippen LogP contribution in [0.15, 0.2) is 64.0 Å². The zero-order valence-corrected chi connectivity index (χ0v) is 18.5. The van der Waals surface area contributed by atoms with E-state index < -0.39 is 20.1 Å². The Morgan fingerprint density at radius 1 is 1.23 bits per heavy atom. The number of rotatable bonds is 6. The van der Waals surface area contributed by atoms with Gasteiger partial charge < -0.3 is 15.7 Å². The third-order valence-electron chi connectivity index (χ3n) is 4.46. The third-order valence-corrected chi connectivity index (χ3v) is 9.05. The van der Waals surface area contributed by atoms with Gasteiger partial charge in [-0.25, -0.2) is 23.2 Å². The van der Waals surface area contributed by atoms with Crippen LogP contribution in [0.2, 0.25) is 0 Å². The van der Waals surface area contributed by atoms with Gasteiger partial charge in [0, 0.05) is 17.3 Å². The molecular formula is C19H17N5O4S3. The van der Waals surface area contributed by atoms with Crippen LogP contribution in [0.1, 0.15) is 5.56 Å². The van der Waals surface area contributed by atoms with Crippen molar-refractivity contribution in [2.24, 2.45) is 5.73 Å². The number of hydrogen-bond acceptors (Lipinski definition) is 10. The first kappa shape index (κ1) is 21.3. The number of carbonyl (C=O) groups is 1. The fraction of sp³-hybridized carbons (Fsp3) is 0.105. The summed E-state index contributed by atoms with van der Waals surface area (Å²) in [5.74, 6) is -0.908. The molecule has 1 atom stereocenters. The van der Waals surface area contributed by atoms with E-state index in [1.54, 1.807) is 29.7 Å². The summed E-state index contributed by atoms with van der Waals surface area (Å²) in [6, 6.07) is 9.75. The van der Waals surface area contributed by atoms with E-state index in [-0.39, 0.29) is 10.6 Å². The summed E-state index contributed by atoms with van der Waals surface area (Å²) in [7, 11) is -4.08. The summed E-state index contributed by atoms with van der Waals surface area (Å²) in [5, 5.41) is 17.6. The zero-order valence-electron chi connectivity index (χ0n) is 16.1. The fourth-order valence-corrected chi connectivity index (χ4v) is 6.38. The van der Waals surface area contributed by atoms with Crippen molar-refractivity contribution in [3.05, 3.63) is 64.6 Å². The lowest BCUT2D eigenvalue weighted by molar-refractivity contribution is -0.133. The van der Waals surface area contributed by atoms with E-state index in [1.807, 2.05) is 24.4 Å². The van der Waals surface area contributed by atoms with E-state index in [0.717, 1.165) is 16.1 Å². The van der Waals surface area contributed by atoms with E-state index in [4.69, 9.17) is 10.8 Å². The number of carboxylic acid groups (broad SMARTS) is 1. The lowest BCUT2D eigenvalue weighted by Gasteiger charge is -2.24. The van der Waals surface area contributed by atoms with Gasteiger partial charge >= 0.3 is 5.97 Å². The highest BCUT2D eigenvalue weighted by molar-refractivity contribution is 8.16. The van der Waals surface area contributed by atoms with Crippen molar-refractivity contribution in [2.45, 2.75) is 16.1 Å². The standard InChI is InChI=1S/C19H17N5O4S3/c1-11-7-9-29-16(11)14-6-8-21-18(23-14)22-12-2-4-13(5-3-12)31(27,28)19(20)24-15(10-30-19)17(25)26/h2-10,24H,20H2,1H3,(H,25,26)(H,21,22,23). The van der Waals surface area contributed by atoms with Gasteiger partial charge in [-0.1, -0.05) is 11.8 Å². The molecule has 1 unspecified atom stereocenters. The number of aromatic nitrogens is 2. The molecule has 4 rings (SSSR count). The third kappa shape index (κ3) is 4.02. The highest BCUT2D eigenvalue weighted by Gasteiger charge is 2.46. The minimum Gasteiger partial charge on any atom is -0.477 e. The molecule has 12 heteroatoms. The molecule has 1 aliphatic rings. The number of nitrogens with zero attached hydrogens (tertiary/aromatic N) is 2. The maximum absolute atomic E-state index is 12.9. The number of hydrogen-bond donors (Lipinski definition) is 4. The number of anilines is 2.